The molecule has 0 fully saturated rings. The van der Waals surface area contributed by atoms with E-state index in [1.807, 2.05) is 18.5 Å². The molecular formula is C17H26N6O2. The molecule has 0 saturated carbocycles. The summed E-state index contributed by atoms with van der Waals surface area (Å²) in [6.07, 6.45) is 3.54. The van der Waals surface area contributed by atoms with Crippen molar-refractivity contribution in [3.05, 3.63) is 35.2 Å². The minimum Gasteiger partial charge on any atom is -0.350 e. The van der Waals surface area contributed by atoms with Crippen molar-refractivity contribution in [3.63, 3.8) is 0 Å². The number of hydrogen-bond acceptors (Lipinski definition) is 4. The first-order chi connectivity index (χ1) is 11.8. The third-order valence-electron chi connectivity index (χ3n) is 4.08. The lowest BCUT2D eigenvalue weighted by Crippen LogP contribution is -2.47. The highest BCUT2D eigenvalue weighted by atomic mass is 16.2. The number of nitrogens with one attached hydrogen (secondary N) is 3. The first-order valence-corrected chi connectivity index (χ1v) is 8.36. The van der Waals surface area contributed by atoms with Crippen molar-refractivity contribution >= 4 is 11.8 Å². The zero-order valence-corrected chi connectivity index (χ0v) is 15.4. The molecule has 2 rings (SSSR count). The third-order valence-corrected chi connectivity index (χ3v) is 4.08. The Hall–Kier alpha value is -2.64. The predicted molar refractivity (Wildman–Crippen MR) is 93.8 cm³/mol. The Kier molecular flexibility index (Phi) is 5.95. The van der Waals surface area contributed by atoms with Crippen molar-refractivity contribution in [1.29, 1.82) is 0 Å². The molecule has 2 amide bonds. The highest BCUT2D eigenvalue weighted by molar-refractivity contribution is 5.87. The number of aromatic amines is 1. The van der Waals surface area contributed by atoms with Gasteiger partial charge in [-0.1, -0.05) is 0 Å². The molecule has 8 nitrogen and oxygen atoms in total. The maximum atomic E-state index is 12.6. The lowest BCUT2D eigenvalue weighted by atomic mass is 10.1. The summed E-state index contributed by atoms with van der Waals surface area (Å²) in [7, 11) is 0. The fourth-order valence-corrected chi connectivity index (χ4v) is 2.83. The number of rotatable bonds is 7. The maximum Gasteiger partial charge on any atom is 0.243 e. The molecule has 0 radical (unpaired) electrons. The summed E-state index contributed by atoms with van der Waals surface area (Å²) >= 11 is 0. The summed E-state index contributed by atoms with van der Waals surface area (Å²) in [5, 5.41) is 10.1. The molecule has 1 atom stereocenters. The Labute approximate surface area is 147 Å². The van der Waals surface area contributed by atoms with Gasteiger partial charge in [-0.3, -0.25) is 14.3 Å². The molecule has 2 aromatic heterocycles. The number of carbonyl (C=O) groups excluding carboxylic acids is 2. The van der Waals surface area contributed by atoms with Crippen molar-refractivity contribution < 1.29 is 9.59 Å². The van der Waals surface area contributed by atoms with Crippen LogP contribution < -0.4 is 10.6 Å². The van der Waals surface area contributed by atoms with Crippen molar-refractivity contribution in [3.8, 4) is 0 Å². The number of H-pyrrole nitrogens is 1. The third kappa shape index (κ3) is 4.68. The minimum absolute atomic E-state index is 0.235. The fourth-order valence-electron chi connectivity index (χ4n) is 2.83. The van der Waals surface area contributed by atoms with E-state index < -0.39 is 6.04 Å². The number of imidazole rings is 1. The predicted octanol–water partition coefficient (Wildman–Crippen LogP) is 1.17. The van der Waals surface area contributed by atoms with E-state index in [9.17, 15) is 9.59 Å². The molecule has 0 bridgehead atoms. The summed E-state index contributed by atoms with van der Waals surface area (Å²) in [5.41, 5.74) is 3.73. The normalized spacial score (nSPS) is 12.2. The van der Waals surface area contributed by atoms with Crippen LogP contribution in [0.25, 0.3) is 0 Å². The Bertz CT molecular complexity index is 733. The van der Waals surface area contributed by atoms with Crippen LogP contribution in [0.3, 0.4) is 0 Å². The van der Waals surface area contributed by atoms with Gasteiger partial charge in [0.1, 0.15) is 6.04 Å². The minimum atomic E-state index is -0.654. The molecule has 25 heavy (non-hydrogen) atoms. The van der Waals surface area contributed by atoms with Crippen molar-refractivity contribution in [2.45, 2.75) is 59.7 Å². The van der Waals surface area contributed by atoms with Gasteiger partial charge < -0.3 is 15.6 Å². The summed E-state index contributed by atoms with van der Waals surface area (Å²) < 4.78 is 1.95. The molecule has 0 saturated heterocycles. The fraction of sp³-hybridized carbons (Fsp3) is 0.529. The molecule has 0 aliphatic carbocycles. The largest absolute Gasteiger partial charge is 0.350 e. The summed E-state index contributed by atoms with van der Waals surface area (Å²) in [6, 6.07) is -0.394. The van der Waals surface area contributed by atoms with E-state index in [2.05, 4.69) is 39.5 Å². The van der Waals surface area contributed by atoms with Crippen molar-refractivity contribution in [1.82, 2.24) is 30.4 Å². The molecule has 2 heterocycles. The van der Waals surface area contributed by atoms with Gasteiger partial charge in [-0.05, 0) is 27.7 Å². The van der Waals surface area contributed by atoms with Crippen LogP contribution in [0.2, 0.25) is 0 Å². The van der Waals surface area contributed by atoms with Crippen LogP contribution in [0.4, 0.5) is 0 Å². The first-order valence-electron chi connectivity index (χ1n) is 8.36. The molecule has 0 spiro atoms. The second-order valence-corrected chi connectivity index (χ2v) is 6.44. The van der Waals surface area contributed by atoms with Gasteiger partial charge in [0.25, 0.3) is 0 Å². The Balaban J connectivity index is 2.07. The summed E-state index contributed by atoms with van der Waals surface area (Å²) in [6.45, 7) is 9.84. The number of amides is 2. The SMILES string of the molecule is CC(=O)N[C@@H](Cc1cnc[nH]1)C(=O)NCc1c(C)nn(C(C)C)c1C. The Morgan fingerprint density at radius 1 is 1.32 bits per heavy atom. The number of hydrogen-bond donors (Lipinski definition) is 3. The van der Waals surface area contributed by atoms with E-state index in [4.69, 9.17) is 0 Å². The number of nitrogens with zero attached hydrogens (tertiary/aromatic N) is 3. The van der Waals surface area contributed by atoms with E-state index in [1.54, 1.807) is 12.5 Å². The van der Waals surface area contributed by atoms with Crippen LogP contribution >= 0.6 is 0 Å². The van der Waals surface area contributed by atoms with Crippen LogP contribution in [0.15, 0.2) is 12.5 Å². The lowest BCUT2D eigenvalue weighted by Gasteiger charge is -2.17. The van der Waals surface area contributed by atoms with Gasteiger partial charge in [0.15, 0.2) is 0 Å². The maximum absolute atomic E-state index is 12.6. The van der Waals surface area contributed by atoms with Gasteiger partial charge in [0.05, 0.1) is 12.0 Å². The molecule has 136 valence electrons. The number of aryl methyl sites for hydroxylation is 1. The summed E-state index contributed by atoms with van der Waals surface area (Å²) in [4.78, 5) is 30.9. The summed E-state index contributed by atoms with van der Waals surface area (Å²) in [5.74, 6) is -0.486. The first kappa shape index (κ1) is 18.7. The van der Waals surface area contributed by atoms with Crippen molar-refractivity contribution in [2.75, 3.05) is 0 Å². The number of aromatic nitrogens is 4. The van der Waals surface area contributed by atoms with Crippen LogP contribution in [0, 0.1) is 13.8 Å². The van der Waals surface area contributed by atoms with Crippen LogP contribution in [0.1, 0.15) is 49.5 Å². The standard InChI is InChI=1S/C17H26N6O2/c1-10(2)23-12(4)15(11(3)22-23)8-19-17(25)16(21-13(5)24)6-14-7-18-9-20-14/h7,9-10,16H,6,8H2,1-5H3,(H,18,20)(H,19,25)(H,21,24)/t16-/m0/s1. The molecule has 0 aliphatic rings. The molecule has 8 heteroatoms. The van der Waals surface area contributed by atoms with Crippen molar-refractivity contribution in [2.24, 2.45) is 0 Å². The zero-order valence-electron chi connectivity index (χ0n) is 15.4. The van der Waals surface area contributed by atoms with Gasteiger partial charge in [-0.2, -0.15) is 5.10 Å². The molecule has 2 aromatic rings. The average Bonchev–Trinajstić information content (AvgIpc) is 3.13. The average molecular weight is 346 g/mol. The molecule has 0 aliphatic heterocycles. The van der Waals surface area contributed by atoms with Gasteiger partial charge in [0, 0.05) is 49.1 Å². The monoisotopic (exact) mass is 346 g/mol. The van der Waals surface area contributed by atoms with Crippen LogP contribution in [0.5, 0.6) is 0 Å². The van der Waals surface area contributed by atoms with Gasteiger partial charge in [-0.25, -0.2) is 4.98 Å². The van der Waals surface area contributed by atoms with Gasteiger partial charge in [0.2, 0.25) is 11.8 Å². The Morgan fingerprint density at radius 2 is 2.04 bits per heavy atom. The number of carbonyl (C=O) groups is 2. The second-order valence-electron chi connectivity index (χ2n) is 6.44. The Morgan fingerprint density at radius 3 is 2.56 bits per heavy atom. The van der Waals surface area contributed by atoms with E-state index >= 15 is 0 Å². The van der Waals surface area contributed by atoms with Gasteiger partial charge in [-0.15, -0.1) is 0 Å². The lowest BCUT2D eigenvalue weighted by molar-refractivity contribution is -0.128. The van der Waals surface area contributed by atoms with Crippen LogP contribution in [-0.2, 0) is 22.6 Å². The van der Waals surface area contributed by atoms with E-state index in [0.29, 0.717) is 13.0 Å². The quantitative estimate of drug-likeness (QED) is 0.700. The topological polar surface area (TPSA) is 105 Å². The molecule has 3 N–H and O–H groups in total. The highest BCUT2D eigenvalue weighted by Gasteiger charge is 2.21. The molecular weight excluding hydrogens is 320 g/mol. The van der Waals surface area contributed by atoms with E-state index in [1.165, 1.54) is 6.92 Å². The van der Waals surface area contributed by atoms with Crippen LogP contribution in [-0.4, -0.2) is 37.6 Å². The second kappa shape index (κ2) is 7.96. The molecule has 0 aromatic carbocycles. The molecule has 0 unspecified atom stereocenters. The van der Waals surface area contributed by atoms with E-state index in [0.717, 1.165) is 22.6 Å². The van der Waals surface area contributed by atoms with E-state index in [-0.39, 0.29) is 17.9 Å². The zero-order chi connectivity index (χ0) is 18.6. The highest BCUT2D eigenvalue weighted by Crippen LogP contribution is 2.17. The van der Waals surface area contributed by atoms with Gasteiger partial charge >= 0.3 is 0 Å². The smallest absolute Gasteiger partial charge is 0.243 e.